The van der Waals surface area contributed by atoms with Crippen LogP contribution in [-0.4, -0.2) is 19.5 Å². The second-order valence-corrected chi connectivity index (χ2v) is 6.45. The lowest BCUT2D eigenvalue weighted by molar-refractivity contribution is -0.106. The Labute approximate surface area is 141 Å². The Bertz CT molecular complexity index is 710. The highest BCUT2D eigenvalue weighted by molar-refractivity contribution is 5.43. The number of hydrogen-bond acceptors (Lipinski definition) is 3. The third kappa shape index (κ3) is 3.39. The van der Waals surface area contributed by atoms with E-state index in [0.29, 0.717) is 6.61 Å². The second-order valence-electron chi connectivity index (χ2n) is 6.45. The van der Waals surface area contributed by atoms with E-state index >= 15 is 0 Å². The van der Waals surface area contributed by atoms with Crippen LogP contribution in [0.15, 0.2) is 42.5 Å². The highest BCUT2D eigenvalue weighted by Crippen LogP contribution is 2.35. The normalized spacial score (nSPS) is 23.2. The minimum Gasteiger partial charge on any atom is -0.493 e. The van der Waals surface area contributed by atoms with Crippen LogP contribution in [0.25, 0.3) is 0 Å². The van der Waals surface area contributed by atoms with Crippen LogP contribution in [0.5, 0.6) is 11.5 Å². The van der Waals surface area contributed by atoms with Crippen LogP contribution in [0, 0.1) is 5.82 Å². The SMILES string of the molecule is Fc1cccc(C2COc3cc(OC4CCCCO4)ccc3C2)c1. The van der Waals surface area contributed by atoms with E-state index in [1.807, 2.05) is 24.3 Å². The lowest BCUT2D eigenvalue weighted by atomic mass is 9.90. The van der Waals surface area contributed by atoms with Crippen molar-refractivity contribution < 1.29 is 18.6 Å². The smallest absolute Gasteiger partial charge is 0.199 e. The molecule has 0 N–H and O–H groups in total. The van der Waals surface area contributed by atoms with Crippen molar-refractivity contribution >= 4 is 0 Å². The molecule has 2 heterocycles. The molecule has 0 saturated carbocycles. The zero-order valence-electron chi connectivity index (χ0n) is 13.5. The molecule has 0 spiro atoms. The topological polar surface area (TPSA) is 27.7 Å². The zero-order chi connectivity index (χ0) is 16.4. The number of benzene rings is 2. The summed E-state index contributed by atoms with van der Waals surface area (Å²) in [5.41, 5.74) is 2.11. The van der Waals surface area contributed by atoms with E-state index in [-0.39, 0.29) is 18.0 Å². The van der Waals surface area contributed by atoms with Gasteiger partial charge in [-0.15, -0.1) is 0 Å². The van der Waals surface area contributed by atoms with E-state index in [1.165, 1.54) is 6.07 Å². The molecule has 2 atom stereocenters. The van der Waals surface area contributed by atoms with E-state index in [4.69, 9.17) is 14.2 Å². The van der Waals surface area contributed by atoms with Gasteiger partial charge >= 0.3 is 0 Å². The molecule has 2 aromatic rings. The molecule has 0 amide bonds. The van der Waals surface area contributed by atoms with Gasteiger partial charge in [0.2, 0.25) is 0 Å². The number of fused-ring (bicyclic) bond motifs is 1. The highest BCUT2D eigenvalue weighted by atomic mass is 19.1. The Balaban J connectivity index is 1.47. The van der Waals surface area contributed by atoms with Gasteiger partial charge in [0.25, 0.3) is 0 Å². The van der Waals surface area contributed by atoms with E-state index in [2.05, 4.69) is 0 Å². The van der Waals surface area contributed by atoms with Crippen molar-refractivity contribution in [1.82, 2.24) is 0 Å². The largest absolute Gasteiger partial charge is 0.493 e. The van der Waals surface area contributed by atoms with Crippen LogP contribution in [-0.2, 0) is 11.2 Å². The molecule has 2 aromatic carbocycles. The molecule has 0 radical (unpaired) electrons. The molecule has 2 unspecified atom stereocenters. The van der Waals surface area contributed by atoms with Gasteiger partial charge in [-0.25, -0.2) is 4.39 Å². The maximum absolute atomic E-state index is 13.4. The molecule has 24 heavy (non-hydrogen) atoms. The molecular formula is C20H21FO3. The first-order chi connectivity index (χ1) is 11.8. The monoisotopic (exact) mass is 328 g/mol. The molecule has 126 valence electrons. The number of halogens is 1. The Kier molecular flexibility index (Phi) is 4.39. The predicted molar refractivity (Wildman–Crippen MR) is 89.0 cm³/mol. The van der Waals surface area contributed by atoms with Crippen molar-refractivity contribution in [3.63, 3.8) is 0 Å². The van der Waals surface area contributed by atoms with Gasteiger partial charge in [-0.3, -0.25) is 0 Å². The first kappa shape index (κ1) is 15.5. The Morgan fingerprint density at radius 3 is 2.88 bits per heavy atom. The molecular weight excluding hydrogens is 307 g/mol. The third-order valence-corrected chi connectivity index (χ3v) is 4.67. The van der Waals surface area contributed by atoms with Crippen LogP contribution in [0.2, 0.25) is 0 Å². The first-order valence-corrected chi connectivity index (χ1v) is 8.57. The third-order valence-electron chi connectivity index (χ3n) is 4.67. The van der Waals surface area contributed by atoms with Crippen LogP contribution < -0.4 is 9.47 Å². The van der Waals surface area contributed by atoms with Crippen molar-refractivity contribution in [1.29, 1.82) is 0 Å². The second kappa shape index (κ2) is 6.81. The van der Waals surface area contributed by atoms with Gasteiger partial charge in [-0.2, -0.15) is 0 Å². The summed E-state index contributed by atoms with van der Waals surface area (Å²) >= 11 is 0. The molecule has 2 aliphatic heterocycles. The van der Waals surface area contributed by atoms with Gasteiger partial charge in [0, 0.05) is 18.4 Å². The van der Waals surface area contributed by atoms with Crippen LogP contribution >= 0.6 is 0 Å². The van der Waals surface area contributed by atoms with Crippen LogP contribution in [0.3, 0.4) is 0 Å². The molecule has 1 fully saturated rings. The summed E-state index contributed by atoms with van der Waals surface area (Å²) in [4.78, 5) is 0. The molecule has 0 aliphatic carbocycles. The summed E-state index contributed by atoms with van der Waals surface area (Å²) in [5.74, 6) is 1.62. The van der Waals surface area contributed by atoms with Crippen molar-refractivity contribution in [3.05, 3.63) is 59.4 Å². The van der Waals surface area contributed by atoms with Crippen LogP contribution in [0.1, 0.15) is 36.3 Å². The van der Waals surface area contributed by atoms with Crippen molar-refractivity contribution in [2.45, 2.75) is 37.9 Å². The summed E-state index contributed by atoms with van der Waals surface area (Å²) in [7, 11) is 0. The summed E-state index contributed by atoms with van der Waals surface area (Å²) < 4.78 is 30.9. The van der Waals surface area contributed by atoms with E-state index in [9.17, 15) is 4.39 Å². The van der Waals surface area contributed by atoms with Gasteiger partial charge in [0.15, 0.2) is 6.29 Å². The predicted octanol–water partition coefficient (Wildman–Crippen LogP) is 4.45. The van der Waals surface area contributed by atoms with Crippen molar-refractivity contribution in [2.24, 2.45) is 0 Å². The summed E-state index contributed by atoms with van der Waals surface area (Å²) in [6.45, 7) is 1.32. The fraction of sp³-hybridized carbons (Fsp3) is 0.400. The summed E-state index contributed by atoms with van der Waals surface area (Å²) in [6.07, 6.45) is 3.87. The average Bonchev–Trinajstić information content (AvgIpc) is 2.62. The van der Waals surface area contributed by atoms with Gasteiger partial charge in [0.05, 0.1) is 13.2 Å². The standard InChI is InChI=1S/C20H21FO3/c21-17-5-3-4-14(11-17)16-10-15-7-8-18(12-19(15)23-13-16)24-20-6-1-2-9-22-20/h3-5,7-8,11-12,16,20H,1-2,6,9-10,13H2. The fourth-order valence-electron chi connectivity index (χ4n) is 3.36. The van der Waals surface area contributed by atoms with Crippen molar-refractivity contribution in [2.75, 3.05) is 13.2 Å². The quantitative estimate of drug-likeness (QED) is 0.833. The molecule has 4 rings (SSSR count). The lowest BCUT2D eigenvalue weighted by Crippen LogP contribution is -2.25. The molecule has 2 aliphatic rings. The fourth-order valence-corrected chi connectivity index (χ4v) is 3.36. The van der Waals surface area contributed by atoms with Gasteiger partial charge in [-0.1, -0.05) is 18.2 Å². The average molecular weight is 328 g/mol. The lowest BCUT2D eigenvalue weighted by Gasteiger charge is -2.27. The molecule has 0 bridgehead atoms. The maximum Gasteiger partial charge on any atom is 0.199 e. The molecule has 1 saturated heterocycles. The zero-order valence-corrected chi connectivity index (χ0v) is 13.5. The first-order valence-electron chi connectivity index (χ1n) is 8.57. The Morgan fingerprint density at radius 2 is 2.04 bits per heavy atom. The minimum atomic E-state index is -0.200. The minimum absolute atomic E-state index is 0.152. The Morgan fingerprint density at radius 1 is 1.08 bits per heavy atom. The molecule has 0 aromatic heterocycles. The Hall–Kier alpha value is -2.07. The van der Waals surface area contributed by atoms with Gasteiger partial charge in [-0.05, 0) is 48.6 Å². The van der Waals surface area contributed by atoms with Gasteiger partial charge < -0.3 is 14.2 Å². The van der Waals surface area contributed by atoms with E-state index < -0.39 is 0 Å². The number of rotatable bonds is 3. The molecule has 3 nitrogen and oxygen atoms in total. The highest BCUT2D eigenvalue weighted by Gasteiger charge is 2.23. The van der Waals surface area contributed by atoms with Gasteiger partial charge in [0.1, 0.15) is 17.3 Å². The van der Waals surface area contributed by atoms with E-state index in [0.717, 1.165) is 54.9 Å². The summed E-state index contributed by atoms with van der Waals surface area (Å²) in [5, 5.41) is 0. The maximum atomic E-state index is 13.4. The molecule has 4 heteroatoms. The number of hydrogen-bond donors (Lipinski definition) is 0. The number of ether oxygens (including phenoxy) is 3. The van der Waals surface area contributed by atoms with Crippen molar-refractivity contribution in [3.8, 4) is 11.5 Å². The van der Waals surface area contributed by atoms with Crippen LogP contribution in [0.4, 0.5) is 4.39 Å². The summed E-state index contributed by atoms with van der Waals surface area (Å²) in [6, 6.07) is 12.7. The van der Waals surface area contributed by atoms with E-state index in [1.54, 1.807) is 12.1 Å².